The number of hydrogen-bond acceptors (Lipinski definition) is 1. The van der Waals surface area contributed by atoms with Crippen molar-refractivity contribution in [3.63, 3.8) is 0 Å². The van der Waals surface area contributed by atoms with Crippen LogP contribution < -0.4 is 15.9 Å². The molecule has 0 aliphatic heterocycles. The molecule has 152 valence electrons. The first-order chi connectivity index (χ1) is 14.5. The van der Waals surface area contributed by atoms with E-state index in [-0.39, 0.29) is 0 Å². The Kier molecular flexibility index (Phi) is 6.24. The molecule has 0 saturated carbocycles. The summed E-state index contributed by atoms with van der Waals surface area (Å²) in [5, 5.41) is 3.76. The van der Waals surface area contributed by atoms with E-state index in [1.165, 1.54) is 21.5 Å². The van der Waals surface area contributed by atoms with Crippen LogP contribution in [0, 0.1) is 6.92 Å². The normalized spacial score (nSPS) is 13.9. The number of halogens is 1. The van der Waals surface area contributed by atoms with Gasteiger partial charge in [0.25, 0.3) is 0 Å². The van der Waals surface area contributed by atoms with Gasteiger partial charge in [0.05, 0.1) is 0 Å². The fourth-order valence-electron chi connectivity index (χ4n) is 3.87. The summed E-state index contributed by atoms with van der Waals surface area (Å²) < 4.78 is 10.8. The van der Waals surface area contributed by atoms with Crippen LogP contribution in [0.1, 0.15) is 5.56 Å². The van der Waals surface area contributed by atoms with Gasteiger partial charge in [-0.15, -0.1) is 0 Å². The second-order valence-corrected chi connectivity index (χ2v) is 20.0. The summed E-state index contributed by atoms with van der Waals surface area (Å²) in [4.78, 5) is 0.883. The third kappa shape index (κ3) is 3.79. The molecule has 0 N–H and O–H groups in total. The number of benzene rings is 4. The van der Waals surface area contributed by atoms with Crippen LogP contribution in [-0.2, 0) is 10.8 Å². The maximum absolute atomic E-state index is 13.8. The van der Waals surface area contributed by atoms with E-state index in [9.17, 15) is 4.21 Å². The van der Waals surface area contributed by atoms with Crippen molar-refractivity contribution >= 4 is 53.0 Å². The Morgan fingerprint density at radius 3 is 1.37 bits per heavy atom. The van der Waals surface area contributed by atoms with Gasteiger partial charge >= 0.3 is 195 Å². The van der Waals surface area contributed by atoms with Gasteiger partial charge in [-0.3, -0.25) is 0 Å². The standard InChI is InChI=1S/C26H24IOPS/c1-22-17-19-26(20-18-22)30(28)21-29(27,23-11-5-2-6-12-23,24-13-7-3-8-14-24)25-15-9-4-10-16-25/h2-20H,21H2,1H3/t30-/m1/s1. The van der Waals surface area contributed by atoms with E-state index in [0.717, 1.165) is 4.90 Å². The van der Waals surface area contributed by atoms with Crippen molar-refractivity contribution in [2.75, 3.05) is 5.49 Å². The Bertz CT molecular complexity index is 1050. The van der Waals surface area contributed by atoms with Gasteiger partial charge in [-0.2, -0.15) is 0 Å². The molecule has 0 amide bonds. The Labute approximate surface area is 194 Å². The van der Waals surface area contributed by atoms with Crippen molar-refractivity contribution in [3.8, 4) is 0 Å². The molecule has 0 saturated heterocycles. The van der Waals surface area contributed by atoms with Crippen molar-refractivity contribution in [1.82, 2.24) is 0 Å². The second kappa shape index (κ2) is 8.74. The zero-order chi connectivity index (χ0) is 21.1. The van der Waals surface area contributed by atoms with E-state index in [1.807, 2.05) is 42.5 Å². The Morgan fingerprint density at radius 2 is 1.00 bits per heavy atom. The van der Waals surface area contributed by atoms with Crippen molar-refractivity contribution in [2.45, 2.75) is 11.8 Å². The monoisotopic (exact) mass is 542 g/mol. The van der Waals surface area contributed by atoms with Crippen LogP contribution in [0.25, 0.3) is 0 Å². The van der Waals surface area contributed by atoms with Gasteiger partial charge in [0.2, 0.25) is 0 Å². The van der Waals surface area contributed by atoms with Crippen LogP contribution in [0.5, 0.6) is 0 Å². The van der Waals surface area contributed by atoms with Gasteiger partial charge in [-0.1, -0.05) is 0 Å². The second-order valence-electron chi connectivity index (χ2n) is 7.48. The SMILES string of the molecule is Cc1ccc([S@](=O)CP(I)(c2ccccc2)(c2ccccc2)c2ccccc2)cc1. The molecule has 0 bridgehead atoms. The summed E-state index contributed by atoms with van der Waals surface area (Å²) in [6.07, 6.45) is 0. The Balaban J connectivity index is 2.01. The van der Waals surface area contributed by atoms with Crippen LogP contribution in [0.4, 0.5) is 0 Å². The van der Waals surface area contributed by atoms with Gasteiger partial charge in [-0.25, -0.2) is 0 Å². The molecule has 0 aliphatic rings. The summed E-state index contributed by atoms with van der Waals surface area (Å²) in [6, 6.07) is 40.0. The number of rotatable bonds is 6. The topological polar surface area (TPSA) is 17.1 Å². The van der Waals surface area contributed by atoms with Crippen LogP contribution in [0.3, 0.4) is 0 Å². The van der Waals surface area contributed by atoms with Crippen molar-refractivity contribution < 1.29 is 4.21 Å². The molecule has 0 fully saturated rings. The summed E-state index contributed by atoms with van der Waals surface area (Å²) in [7, 11) is -1.15. The molecule has 30 heavy (non-hydrogen) atoms. The minimum atomic E-state index is -3.03. The predicted molar refractivity (Wildman–Crippen MR) is 142 cm³/mol. The average molecular weight is 542 g/mol. The summed E-state index contributed by atoms with van der Waals surface area (Å²) in [5.74, 6) is 0. The molecule has 0 spiro atoms. The Morgan fingerprint density at radius 1 is 0.633 bits per heavy atom. The van der Waals surface area contributed by atoms with E-state index in [4.69, 9.17) is 0 Å². The minimum absolute atomic E-state index is 0.563. The number of aryl methyl sites for hydroxylation is 1. The molecular formula is C26H24IOPS. The third-order valence-electron chi connectivity index (χ3n) is 5.53. The van der Waals surface area contributed by atoms with E-state index in [0.29, 0.717) is 5.49 Å². The molecule has 0 heterocycles. The zero-order valence-electron chi connectivity index (χ0n) is 16.8. The van der Waals surface area contributed by atoms with Gasteiger partial charge in [0.15, 0.2) is 0 Å². The zero-order valence-corrected chi connectivity index (χ0v) is 20.7. The maximum atomic E-state index is 13.8. The Hall–Kier alpha value is -1.81. The molecular weight excluding hydrogens is 518 g/mol. The first-order valence-electron chi connectivity index (χ1n) is 9.87. The van der Waals surface area contributed by atoms with Crippen LogP contribution in [0.15, 0.2) is 120 Å². The van der Waals surface area contributed by atoms with E-state index >= 15 is 0 Å². The van der Waals surface area contributed by atoms with Gasteiger partial charge in [-0.05, 0) is 0 Å². The molecule has 4 heteroatoms. The first-order valence-corrected chi connectivity index (χ1v) is 16.4. The molecule has 0 radical (unpaired) electrons. The van der Waals surface area contributed by atoms with E-state index in [1.54, 1.807) is 0 Å². The summed E-state index contributed by atoms with van der Waals surface area (Å²) >= 11 is 2.69. The molecule has 0 unspecified atom stereocenters. The van der Waals surface area contributed by atoms with Crippen LogP contribution in [-0.4, -0.2) is 9.70 Å². The first kappa shape index (κ1) is 21.4. The molecule has 1 nitrogen and oxygen atoms in total. The molecule has 0 aliphatic carbocycles. The molecule has 4 aromatic rings. The van der Waals surface area contributed by atoms with Crippen molar-refractivity contribution in [1.29, 1.82) is 0 Å². The average Bonchev–Trinajstić information content (AvgIpc) is 2.81. The molecule has 1 atom stereocenters. The van der Waals surface area contributed by atoms with E-state index < -0.39 is 15.0 Å². The molecule has 0 aromatic heterocycles. The molecule has 4 aromatic carbocycles. The van der Waals surface area contributed by atoms with Crippen molar-refractivity contribution in [3.05, 3.63) is 121 Å². The van der Waals surface area contributed by atoms with E-state index in [2.05, 4.69) is 102 Å². The van der Waals surface area contributed by atoms with Crippen molar-refractivity contribution in [2.24, 2.45) is 0 Å². The number of hydrogen-bond donors (Lipinski definition) is 0. The quantitative estimate of drug-likeness (QED) is 0.218. The van der Waals surface area contributed by atoms with Crippen LogP contribution in [0.2, 0.25) is 0 Å². The predicted octanol–water partition coefficient (Wildman–Crippen LogP) is 5.94. The fraction of sp³-hybridized carbons (Fsp3) is 0.0769. The van der Waals surface area contributed by atoms with Gasteiger partial charge in [0.1, 0.15) is 0 Å². The summed E-state index contributed by atoms with van der Waals surface area (Å²) in [6.45, 7) is 2.06. The third-order valence-corrected chi connectivity index (χ3v) is 20.8. The summed E-state index contributed by atoms with van der Waals surface area (Å²) in [5.41, 5.74) is 1.74. The molecule has 4 rings (SSSR count). The van der Waals surface area contributed by atoms with Gasteiger partial charge in [0, 0.05) is 0 Å². The van der Waals surface area contributed by atoms with Crippen LogP contribution >= 0.6 is 26.3 Å². The fourth-order valence-corrected chi connectivity index (χ4v) is 16.9. The van der Waals surface area contributed by atoms with Gasteiger partial charge < -0.3 is 0 Å².